The van der Waals surface area contributed by atoms with Crippen LogP contribution in [0, 0.1) is 0 Å². The minimum Gasteiger partial charge on any atom is -0.484 e. The Morgan fingerprint density at radius 1 is 1.20 bits per heavy atom. The van der Waals surface area contributed by atoms with Crippen LogP contribution in [-0.4, -0.2) is 25.6 Å². The predicted octanol–water partition coefficient (Wildman–Crippen LogP) is 2.55. The molecule has 0 spiro atoms. The molecule has 1 N–H and O–H groups in total. The number of ether oxygens (including phenoxy) is 2. The van der Waals surface area contributed by atoms with Gasteiger partial charge in [0.05, 0.1) is 12.7 Å². The normalized spacial score (nSPS) is 9.85. The molecule has 1 aromatic carbocycles. The van der Waals surface area contributed by atoms with Crippen molar-refractivity contribution in [1.29, 1.82) is 0 Å². The van der Waals surface area contributed by atoms with E-state index in [0.29, 0.717) is 16.3 Å². The van der Waals surface area contributed by atoms with Gasteiger partial charge in [-0.05, 0) is 23.6 Å². The Hall–Kier alpha value is -2.34. The lowest BCUT2D eigenvalue weighted by molar-refractivity contribution is -0.118. The maximum absolute atomic E-state index is 11.8. The standard InChI is InChI=1S/C14H13NO4S/c1-18-14(17)11-7-8-20-13(11)15-12(16)9-19-10-5-3-2-4-6-10/h2-8H,9H2,1H3,(H,15,16). The van der Waals surface area contributed by atoms with E-state index in [4.69, 9.17) is 4.74 Å². The molecule has 1 amide bonds. The number of carbonyl (C=O) groups is 2. The van der Waals surface area contributed by atoms with Crippen LogP contribution in [0.4, 0.5) is 5.00 Å². The molecule has 0 fully saturated rings. The molecule has 0 atom stereocenters. The van der Waals surface area contributed by atoms with Crippen molar-refractivity contribution >= 4 is 28.2 Å². The Bertz CT molecular complexity index is 594. The summed E-state index contributed by atoms with van der Waals surface area (Å²) in [6.45, 7) is -0.122. The Morgan fingerprint density at radius 3 is 2.65 bits per heavy atom. The molecule has 0 radical (unpaired) electrons. The highest BCUT2D eigenvalue weighted by Crippen LogP contribution is 2.23. The van der Waals surface area contributed by atoms with Gasteiger partial charge in [-0.25, -0.2) is 4.79 Å². The van der Waals surface area contributed by atoms with Crippen LogP contribution in [0.25, 0.3) is 0 Å². The third-order valence-electron chi connectivity index (χ3n) is 2.44. The lowest BCUT2D eigenvalue weighted by atomic mass is 10.3. The Morgan fingerprint density at radius 2 is 1.95 bits per heavy atom. The van der Waals surface area contributed by atoms with Crippen molar-refractivity contribution in [2.24, 2.45) is 0 Å². The quantitative estimate of drug-likeness (QED) is 0.860. The van der Waals surface area contributed by atoms with E-state index >= 15 is 0 Å². The highest BCUT2D eigenvalue weighted by Gasteiger charge is 2.15. The molecule has 2 rings (SSSR count). The zero-order valence-corrected chi connectivity index (χ0v) is 11.6. The molecule has 5 nitrogen and oxygen atoms in total. The average Bonchev–Trinajstić information content (AvgIpc) is 2.93. The number of carbonyl (C=O) groups excluding carboxylic acids is 2. The van der Waals surface area contributed by atoms with Crippen molar-refractivity contribution in [2.75, 3.05) is 19.0 Å². The van der Waals surface area contributed by atoms with Gasteiger partial charge in [-0.3, -0.25) is 4.79 Å². The van der Waals surface area contributed by atoms with Crippen molar-refractivity contribution < 1.29 is 19.1 Å². The SMILES string of the molecule is COC(=O)c1ccsc1NC(=O)COc1ccccc1. The number of thiophene rings is 1. The van der Waals surface area contributed by atoms with Gasteiger partial charge in [0.15, 0.2) is 6.61 Å². The van der Waals surface area contributed by atoms with Crippen LogP contribution in [0.15, 0.2) is 41.8 Å². The zero-order chi connectivity index (χ0) is 14.4. The minimum absolute atomic E-state index is 0.122. The third-order valence-corrected chi connectivity index (χ3v) is 3.27. The van der Waals surface area contributed by atoms with E-state index in [1.54, 1.807) is 23.6 Å². The highest BCUT2D eigenvalue weighted by atomic mass is 32.1. The van der Waals surface area contributed by atoms with Gasteiger partial charge in [-0.2, -0.15) is 0 Å². The predicted molar refractivity (Wildman–Crippen MR) is 76.2 cm³/mol. The van der Waals surface area contributed by atoms with Gasteiger partial charge in [0.25, 0.3) is 5.91 Å². The topological polar surface area (TPSA) is 64.6 Å². The first-order valence-corrected chi connectivity index (χ1v) is 6.72. The van der Waals surface area contributed by atoms with Crippen LogP contribution in [-0.2, 0) is 9.53 Å². The smallest absolute Gasteiger partial charge is 0.340 e. The lowest BCUT2D eigenvalue weighted by Crippen LogP contribution is -2.20. The molecular weight excluding hydrogens is 278 g/mol. The molecule has 1 aromatic heterocycles. The molecule has 6 heteroatoms. The third kappa shape index (κ3) is 3.58. The number of amides is 1. The van der Waals surface area contributed by atoms with E-state index < -0.39 is 5.97 Å². The molecule has 2 aromatic rings. The summed E-state index contributed by atoms with van der Waals surface area (Å²) in [5.41, 5.74) is 0.338. The van der Waals surface area contributed by atoms with Crippen LogP contribution in [0.2, 0.25) is 0 Å². The molecular formula is C14H13NO4S. The number of anilines is 1. The maximum Gasteiger partial charge on any atom is 0.340 e. The molecule has 20 heavy (non-hydrogen) atoms. The van der Waals surface area contributed by atoms with E-state index in [2.05, 4.69) is 10.1 Å². The van der Waals surface area contributed by atoms with Crippen LogP contribution < -0.4 is 10.1 Å². The molecule has 104 valence electrons. The van der Waals surface area contributed by atoms with Crippen LogP contribution in [0.1, 0.15) is 10.4 Å². The summed E-state index contributed by atoms with van der Waals surface area (Å²) in [5, 5.41) is 4.79. The first-order valence-electron chi connectivity index (χ1n) is 5.84. The Kier molecular flexibility index (Phi) is 4.73. The number of hydrogen-bond acceptors (Lipinski definition) is 5. The van der Waals surface area contributed by atoms with Crippen molar-refractivity contribution in [1.82, 2.24) is 0 Å². The second-order valence-corrected chi connectivity index (χ2v) is 4.72. The number of para-hydroxylation sites is 1. The summed E-state index contributed by atoms with van der Waals surface area (Å²) in [5.74, 6) is -0.200. The van der Waals surface area contributed by atoms with E-state index in [9.17, 15) is 9.59 Å². The van der Waals surface area contributed by atoms with Crippen LogP contribution in [0.5, 0.6) is 5.75 Å². The second-order valence-electron chi connectivity index (χ2n) is 3.80. The van der Waals surface area contributed by atoms with Crippen LogP contribution >= 0.6 is 11.3 Å². The number of rotatable bonds is 5. The van der Waals surface area contributed by atoms with E-state index in [0.717, 1.165) is 0 Å². The average molecular weight is 291 g/mol. The summed E-state index contributed by atoms with van der Waals surface area (Å²) < 4.78 is 9.95. The fourth-order valence-corrected chi connectivity index (χ4v) is 2.30. The van der Waals surface area contributed by atoms with E-state index in [-0.39, 0.29) is 12.5 Å². The van der Waals surface area contributed by atoms with Gasteiger partial charge in [-0.1, -0.05) is 18.2 Å². The first-order chi connectivity index (χ1) is 9.70. The van der Waals surface area contributed by atoms with Crippen molar-refractivity contribution in [3.05, 3.63) is 47.3 Å². The Balaban J connectivity index is 1.92. The summed E-state index contributed by atoms with van der Waals surface area (Å²) >= 11 is 1.25. The molecule has 0 saturated heterocycles. The number of esters is 1. The summed E-state index contributed by atoms with van der Waals surface area (Å²) in [4.78, 5) is 23.2. The zero-order valence-electron chi connectivity index (χ0n) is 10.8. The molecule has 1 heterocycles. The summed E-state index contributed by atoms with van der Waals surface area (Å²) in [6, 6.07) is 10.6. The molecule has 0 saturated carbocycles. The first kappa shape index (κ1) is 14.1. The fourth-order valence-electron chi connectivity index (χ4n) is 1.51. The van der Waals surface area contributed by atoms with Crippen molar-refractivity contribution in [3.8, 4) is 5.75 Å². The monoisotopic (exact) mass is 291 g/mol. The fraction of sp³-hybridized carbons (Fsp3) is 0.143. The summed E-state index contributed by atoms with van der Waals surface area (Å²) in [6.07, 6.45) is 0. The van der Waals surface area contributed by atoms with Gasteiger partial charge in [-0.15, -0.1) is 11.3 Å². The van der Waals surface area contributed by atoms with E-state index in [1.807, 2.05) is 18.2 Å². The highest BCUT2D eigenvalue weighted by molar-refractivity contribution is 7.14. The van der Waals surface area contributed by atoms with E-state index in [1.165, 1.54) is 18.4 Å². The van der Waals surface area contributed by atoms with Crippen LogP contribution in [0.3, 0.4) is 0 Å². The number of hydrogen-bond donors (Lipinski definition) is 1. The molecule has 0 bridgehead atoms. The molecule has 0 aliphatic carbocycles. The van der Waals surface area contributed by atoms with Gasteiger partial charge in [0, 0.05) is 0 Å². The van der Waals surface area contributed by atoms with Gasteiger partial charge >= 0.3 is 5.97 Å². The summed E-state index contributed by atoms with van der Waals surface area (Å²) in [7, 11) is 1.30. The lowest BCUT2D eigenvalue weighted by Gasteiger charge is -2.07. The van der Waals surface area contributed by atoms with Gasteiger partial charge in [0.1, 0.15) is 10.8 Å². The second kappa shape index (κ2) is 6.72. The van der Waals surface area contributed by atoms with Crippen molar-refractivity contribution in [3.63, 3.8) is 0 Å². The van der Waals surface area contributed by atoms with Gasteiger partial charge < -0.3 is 14.8 Å². The van der Waals surface area contributed by atoms with Crippen molar-refractivity contribution in [2.45, 2.75) is 0 Å². The molecule has 0 unspecified atom stereocenters. The minimum atomic E-state index is -0.481. The Labute approximate surface area is 120 Å². The largest absolute Gasteiger partial charge is 0.484 e. The molecule has 0 aliphatic rings. The number of methoxy groups -OCH3 is 1. The number of benzene rings is 1. The molecule has 0 aliphatic heterocycles. The van der Waals surface area contributed by atoms with Gasteiger partial charge in [0.2, 0.25) is 0 Å². The maximum atomic E-state index is 11.8. The number of nitrogens with one attached hydrogen (secondary N) is 1.